The first kappa shape index (κ1) is 19.8. The highest BCUT2D eigenvalue weighted by atomic mass is 16.5. The van der Waals surface area contributed by atoms with Gasteiger partial charge in [0.05, 0.1) is 23.1 Å². The molecule has 2 atom stereocenters. The number of anilines is 2. The molecule has 2 aliphatic rings. The fraction of sp³-hybridized carbons (Fsp3) is 0.304. The molecule has 1 heterocycles. The minimum absolute atomic E-state index is 0.176. The fourth-order valence-corrected chi connectivity index (χ4v) is 4.12. The molecule has 1 saturated carbocycles. The van der Waals surface area contributed by atoms with Crippen molar-refractivity contribution >= 4 is 35.1 Å². The Balaban J connectivity index is 1.42. The third-order valence-electron chi connectivity index (χ3n) is 5.57. The van der Waals surface area contributed by atoms with Crippen LogP contribution in [0.15, 0.2) is 54.6 Å². The average Bonchev–Trinajstić information content (AvgIpc) is 3.03. The third-order valence-corrected chi connectivity index (χ3v) is 5.57. The highest BCUT2D eigenvalue weighted by molar-refractivity contribution is 6.22. The van der Waals surface area contributed by atoms with E-state index in [1.54, 1.807) is 36.4 Å². The monoisotopic (exact) mass is 406 g/mol. The van der Waals surface area contributed by atoms with Gasteiger partial charge in [0.2, 0.25) is 11.8 Å². The molecule has 4 rings (SSSR count). The van der Waals surface area contributed by atoms with Crippen LogP contribution in [0.1, 0.15) is 36.0 Å². The van der Waals surface area contributed by atoms with Crippen molar-refractivity contribution < 1.29 is 23.9 Å². The molecule has 3 amide bonds. The summed E-state index contributed by atoms with van der Waals surface area (Å²) in [4.78, 5) is 51.1. The van der Waals surface area contributed by atoms with Crippen LogP contribution in [0.2, 0.25) is 0 Å². The van der Waals surface area contributed by atoms with E-state index >= 15 is 0 Å². The van der Waals surface area contributed by atoms with E-state index < -0.39 is 18.5 Å². The number of nitrogens with one attached hydrogen (secondary N) is 1. The van der Waals surface area contributed by atoms with Gasteiger partial charge in [-0.05, 0) is 43.2 Å². The number of hydrogen-bond donors (Lipinski definition) is 1. The summed E-state index contributed by atoms with van der Waals surface area (Å²) in [5.74, 6) is -2.07. The van der Waals surface area contributed by atoms with Crippen LogP contribution in [-0.2, 0) is 19.1 Å². The van der Waals surface area contributed by atoms with Crippen LogP contribution in [0.4, 0.5) is 11.4 Å². The van der Waals surface area contributed by atoms with Gasteiger partial charge in [0.25, 0.3) is 5.91 Å². The number of fused-ring (bicyclic) bond motifs is 1. The lowest BCUT2D eigenvalue weighted by atomic mass is 9.81. The lowest BCUT2D eigenvalue weighted by molar-refractivity contribution is -0.122. The molecule has 2 aromatic rings. The molecule has 7 nitrogen and oxygen atoms in total. The molecule has 1 saturated heterocycles. The minimum Gasteiger partial charge on any atom is -0.452 e. The molecule has 1 N–H and O–H groups in total. The molecule has 0 radical (unpaired) electrons. The van der Waals surface area contributed by atoms with Crippen LogP contribution < -0.4 is 10.2 Å². The largest absolute Gasteiger partial charge is 0.452 e. The van der Waals surface area contributed by atoms with Crippen LogP contribution in [0.25, 0.3) is 0 Å². The Bertz CT molecular complexity index is 964. The maximum atomic E-state index is 12.8. The van der Waals surface area contributed by atoms with Gasteiger partial charge in [-0.3, -0.25) is 19.3 Å². The average molecular weight is 406 g/mol. The number of carbonyl (C=O) groups is 4. The van der Waals surface area contributed by atoms with Gasteiger partial charge in [-0.2, -0.15) is 0 Å². The van der Waals surface area contributed by atoms with Crippen molar-refractivity contribution in [1.82, 2.24) is 0 Å². The van der Waals surface area contributed by atoms with E-state index in [1.807, 2.05) is 6.07 Å². The van der Waals surface area contributed by atoms with E-state index in [1.165, 1.54) is 17.0 Å². The van der Waals surface area contributed by atoms with Crippen LogP contribution in [0.3, 0.4) is 0 Å². The Morgan fingerprint density at radius 2 is 1.60 bits per heavy atom. The summed E-state index contributed by atoms with van der Waals surface area (Å²) in [6, 6.07) is 15.1. The zero-order valence-electron chi connectivity index (χ0n) is 16.4. The quantitative estimate of drug-likeness (QED) is 0.608. The Hall–Kier alpha value is -3.48. The summed E-state index contributed by atoms with van der Waals surface area (Å²) >= 11 is 0. The van der Waals surface area contributed by atoms with Gasteiger partial charge in [0.15, 0.2) is 6.61 Å². The predicted molar refractivity (Wildman–Crippen MR) is 110 cm³/mol. The highest BCUT2D eigenvalue weighted by Crippen LogP contribution is 2.40. The number of amides is 3. The number of imide groups is 1. The van der Waals surface area contributed by atoms with E-state index in [2.05, 4.69) is 5.32 Å². The van der Waals surface area contributed by atoms with Crippen LogP contribution in [0.5, 0.6) is 0 Å². The molecular formula is C23H22N2O5. The number of rotatable bonds is 5. The van der Waals surface area contributed by atoms with Gasteiger partial charge in [0, 0.05) is 5.69 Å². The van der Waals surface area contributed by atoms with E-state index in [9.17, 15) is 19.2 Å². The number of ether oxygens (including phenoxy) is 1. The lowest BCUT2D eigenvalue weighted by Crippen LogP contribution is -2.31. The maximum Gasteiger partial charge on any atom is 0.338 e. The first-order chi connectivity index (χ1) is 14.5. The Labute approximate surface area is 174 Å². The number of benzene rings is 2. The SMILES string of the molecule is O=C(COC(=O)c1cccc(N2C(=O)[C@H]3CCCC[C@H]3C2=O)c1)Nc1ccccc1. The number of carbonyl (C=O) groups excluding carboxylic acids is 4. The molecule has 0 spiro atoms. The Morgan fingerprint density at radius 3 is 2.27 bits per heavy atom. The van der Waals surface area contributed by atoms with Crippen molar-refractivity contribution in [2.24, 2.45) is 11.8 Å². The Kier molecular flexibility index (Phi) is 5.61. The van der Waals surface area contributed by atoms with Crippen LogP contribution in [0, 0.1) is 11.8 Å². The highest BCUT2D eigenvalue weighted by Gasteiger charge is 2.48. The molecule has 1 aliphatic carbocycles. The van der Waals surface area contributed by atoms with Gasteiger partial charge in [-0.25, -0.2) is 4.79 Å². The lowest BCUT2D eigenvalue weighted by Gasteiger charge is -2.19. The fourth-order valence-electron chi connectivity index (χ4n) is 4.12. The molecule has 0 aromatic heterocycles. The third kappa shape index (κ3) is 3.96. The van der Waals surface area contributed by atoms with Crippen LogP contribution >= 0.6 is 0 Å². The summed E-state index contributed by atoms with van der Waals surface area (Å²) in [5.41, 5.74) is 1.14. The van der Waals surface area contributed by atoms with Crippen molar-refractivity contribution in [3.05, 3.63) is 60.2 Å². The van der Waals surface area contributed by atoms with E-state index in [4.69, 9.17) is 4.74 Å². The molecule has 7 heteroatoms. The van der Waals surface area contributed by atoms with Crippen molar-refractivity contribution in [3.8, 4) is 0 Å². The van der Waals surface area contributed by atoms with E-state index in [-0.39, 0.29) is 29.2 Å². The van der Waals surface area contributed by atoms with Gasteiger partial charge < -0.3 is 10.1 Å². The molecular weight excluding hydrogens is 384 g/mol. The zero-order chi connectivity index (χ0) is 21.1. The van der Waals surface area contributed by atoms with Crippen LogP contribution in [-0.4, -0.2) is 30.3 Å². The maximum absolute atomic E-state index is 12.8. The summed E-state index contributed by atoms with van der Waals surface area (Å²) in [7, 11) is 0. The molecule has 0 unspecified atom stereocenters. The first-order valence-electron chi connectivity index (χ1n) is 10.0. The number of para-hydroxylation sites is 1. The van der Waals surface area contributed by atoms with E-state index in [0.29, 0.717) is 11.4 Å². The van der Waals surface area contributed by atoms with Crippen molar-refractivity contribution in [2.45, 2.75) is 25.7 Å². The summed E-state index contributed by atoms with van der Waals surface area (Å²) in [5, 5.41) is 2.63. The summed E-state index contributed by atoms with van der Waals surface area (Å²) in [6.45, 7) is -0.441. The summed E-state index contributed by atoms with van der Waals surface area (Å²) < 4.78 is 5.09. The Morgan fingerprint density at radius 1 is 0.933 bits per heavy atom. The van der Waals surface area contributed by atoms with Crippen molar-refractivity contribution in [1.29, 1.82) is 0 Å². The molecule has 0 bridgehead atoms. The van der Waals surface area contributed by atoms with Crippen molar-refractivity contribution in [2.75, 3.05) is 16.8 Å². The molecule has 1 aliphatic heterocycles. The van der Waals surface area contributed by atoms with Gasteiger partial charge in [0.1, 0.15) is 0 Å². The van der Waals surface area contributed by atoms with E-state index in [0.717, 1.165) is 25.7 Å². The number of nitrogens with zero attached hydrogens (tertiary/aromatic N) is 1. The second kappa shape index (κ2) is 8.49. The first-order valence-corrected chi connectivity index (χ1v) is 10.0. The standard InChI is InChI=1S/C23H22N2O5/c26-20(24-16-8-2-1-3-9-16)14-30-23(29)15-7-6-10-17(13-15)25-21(27)18-11-4-5-12-19(18)22(25)28/h1-3,6-10,13,18-19H,4-5,11-12,14H2,(H,24,26)/t18-,19+. The number of hydrogen-bond acceptors (Lipinski definition) is 5. The minimum atomic E-state index is -0.698. The molecule has 30 heavy (non-hydrogen) atoms. The topological polar surface area (TPSA) is 92.8 Å². The molecule has 2 fully saturated rings. The smallest absolute Gasteiger partial charge is 0.338 e. The number of esters is 1. The zero-order valence-corrected chi connectivity index (χ0v) is 16.4. The normalized spacial score (nSPS) is 20.6. The van der Waals surface area contributed by atoms with Crippen molar-refractivity contribution in [3.63, 3.8) is 0 Å². The second-order valence-electron chi connectivity index (χ2n) is 7.55. The molecule has 2 aromatic carbocycles. The predicted octanol–water partition coefficient (Wildman–Crippen LogP) is 3.16. The molecule has 154 valence electrons. The van der Waals surface area contributed by atoms with Gasteiger partial charge >= 0.3 is 5.97 Å². The summed E-state index contributed by atoms with van der Waals surface area (Å²) in [6.07, 6.45) is 3.35. The second-order valence-corrected chi connectivity index (χ2v) is 7.55. The van der Waals surface area contributed by atoms with Gasteiger partial charge in [-0.15, -0.1) is 0 Å². The van der Waals surface area contributed by atoms with Gasteiger partial charge in [-0.1, -0.05) is 37.1 Å².